The summed E-state index contributed by atoms with van der Waals surface area (Å²) < 4.78 is 1.98. The molecule has 0 saturated carbocycles. The van der Waals surface area contributed by atoms with Gasteiger partial charge in [0.25, 0.3) is 0 Å². The number of carbonyl (C=O) groups is 1. The molecule has 7 heteroatoms. The Kier molecular flexibility index (Phi) is 4.89. The Bertz CT molecular complexity index is 1060. The number of benzene rings is 1. The van der Waals surface area contributed by atoms with Crippen LogP contribution >= 0.6 is 0 Å². The normalized spacial score (nSPS) is 17.8. The third kappa shape index (κ3) is 3.22. The maximum absolute atomic E-state index is 12.8. The van der Waals surface area contributed by atoms with Crippen LogP contribution in [0.15, 0.2) is 30.3 Å². The minimum absolute atomic E-state index is 0.136. The summed E-state index contributed by atoms with van der Waals surface area (Å²) in [7, 11) is 0. The average Bonchev–Trinajstić information content (AvgIpc) is 3.43. The molecule has 0 N–H and O–H groups in total. The summed E-state index contributed by atoms with van der Waals surface area (Å²) in [6.45, 7) is 7.56. The topological polar surface area (TPSA) is 67.2 Å². The highest BCUT2D eigenvalue weighted by Crippen LogP contribution is 2.32. The van der Waals surface area contributed by atoms with Crippen LogP contribution in [0.3, 0.4) is 0 Å². The summed E-state index contributed by atoms with van der Waals surface area (Å²) in [4.78, 5) is 17.1. The minimum atomic E-state index is 0.136. The number of piperidine rings is 1. The zero-order valence-corrected chi connectivity index (χ0v) is 17.7. The standard InChI is InChI=1S/C23H28N6O/c1-16-20-17(2)29(19-8-4-3-5-9-19)26-21(20)22(25-24-16)27-14-10-18(11-15-27)23(30)28-12-6-7-13-28/h3-5,8-9,18H,6-7,10-15H2,1-2H3. The lowest BCUT2D eigenvalue weighted by molar-refractivity contribution is -0.135. The van der Waals surface area contributed by atoms with Crippen LogP contribution in [0, 0.1) is 19.8 Å². The number of anilines is 1. The summed E-state index contributed by atoms with van der Waals surface area (Å²) in [6, 6.07) is 10.2. The molecular formula is C23H28N6O. The van der Waals surface area contributed by atoms with Crippen LogP contribution < -0.4 is 4.90 Å². The Morgan fingerprint density at radius 3 is 2.37 bits per heavy atom. The highest BCUT2D eigenvalue weighted by molar-refractivity contribution is 5.92. The van der Waals surface area contributed by atoms with Crippen LogP contribution in [-0.4, -0.2) is 57.0 Å². The molecule has 0 unspecified atom stereocenters. The lowest BCUT2D eigenvalue weighted by Gasteiger charge is -2.33. The smallest absolute Gasteiger partial charge is 0.225 e. The first kappa shape index (κ1) is 19.0. The zero-order chi connectivity index (χ0) is 20.7. The Morgan fingerprint density at radius 2 is 1.67 bits per heavy atom. The molecule has 2 saturated heterocycles. The Labute approximate surface area is 176 Å². The molecule has 2 aliphatic heterocycles. The fraction of sp³-hybridized carbons (Fsp3) is 0.478. The summed E-state index contributed by atoms with van der Waals surface area (Å²) >= 11 is 0. The summed E-state index contributed by atoms with van der Waals surface area (Å²) in [5.74, 6) is 1.31. The molecule has 0 bridgehead atoms. The molecule has 156 valence electrons. The van der Waals surface area contributed by atoms with Gasteiger partial charge in [0.2, 0.25) is 5.91 Å². The monoisotopic (exact) mass is 404 g/mol. The van der Waals surface area contributed by atoms with Gasteiger partial charge >= 0.3 is 0 Å². The molecule has 0 spiro atoms. The summed E-state index contributed by atoms with van der Waals surface area (Å²) in [5, 5.41) is 15.0. The van der Waals surface area contributed by atoms with E-state index in [1.54, 1.807) is 0 Å². The van der Waals surface area contributed by atoms with E-state index in [1.165, 1.54) is 0 Å². The number of aromatic nitrogens is 4. The van der Waals surface area contributed by atoms with Crippen molar-refractivity contribution < 1.29 is 4.79 Å². The highest BCUT2D eigenvalue weighted by Gasteiger charge is 2.31. The molecule has 30 heavy (non-hydrogen) atoms. The average molecular weight is 405 g/mol. The minimum Gasteiger partial charge on any atom is -0.353 e. The van der Waals surface area contributed by atoms with Gasteiger partial charge in [-0.25, -0.2) is 4.68 Å². The van der Waals surface area contributed by atoms with Gasteiger partial charge in [0.1, 0.15) is 5.52 Å². The van der Waals surface area contributed by atoms with E-state index < -0.39 is 0 Å². The maximum atomic E-state index is 12.8. The first-order chi connectivity index (χ1) is 14.6. The fourth-order valence-electron chi connectivity index (χ4n) is 4.88. The van der Waals surface area contributed by atoms with Crippen molar-refractivity contribution in [3.05, 3.63) is 41.7 Å². The third-order valence-corrected chi connectivity index (χ3v) is 6.55. The van der Waals surface area contributed by atoms with E-state index in [0.29, 0.717) is 5.91 Å². The number of hydrogen-bond donors (Lipinski definition) is 0. The second-order valence-electron chi connectivity index (χ2n) is 8.46. The lowest BCUT2D eigenvalue weighted by Crippen LogP contribution is -2.42. The molecule has 3 aromatic rings. The molecule has 2 aromatic heterocycles. The van der Waals surface area contributed by atoms with Crippen molar-refractivity contribution in [2.45, 2.75) is 39.5 Å². The third-order valence-electron chi connectivity index (χ3n) is 6.55. The van der Waals surface area contributed by atoms with E-state index in [0.717, 1.165) is 85.7 Å². The fourth-order valence-corrected chi connectivity index (χ4v) is 4.88. The van der Waals surface area contributed by atoms with Crippen LogP contribution in [0.5, 0.6) is 0 Å². The molecule has 0 aliphatic carbocycles. The molecule has 5 rings (SSSR count). The summed E-state index contributed by atoms with van der Waals surface area (Å²) in [6.07, 6.45) is 4.02. The van der Waals surface area contributed by atoms with E-state index in [1.807, 2.05) is 29.8 Å². The van der Waals surface area contributed by atoms with E-state index in [9.17, 15) is 4.79 Å². The van der Waals surface area contributed by atoms with Gasteiger partial charge in [0, 0.05) is 32.1 Å². The number of aryl methyl sites for hydroxylation is 2. The largest absolute Gasteiger partial charge is 0.353 e. The Morgan fingerprint density at radius 1 is 0.967 bits per heavy atom. The number of hydrogen-bond acceptors (Lipinski definition) is 5. The van der Waals surface area contributed by atoms with Gasteiger partial charge in [-0.15, -0.1) is 5.10 Å². The number of rotatable bonds is 3. The molecule has 1 aromatic carbocycles. The number of carbonyl (C=O) groups excluding carboxylic acids is 1. The number of amides is 1. The molecule has 7 nitrogen and oxygen atoms in total. The predicted octanol–water partition coefficient (Wildman–Crippen LogP) is 3.27. The maximum Gasteiger partial charge on any atom is 0.225 e. The Balaban J connectivity index is 1.43. The number of nitrogens with zero attached hydrogens (tertiary/aromatic N) is 6. The van der Waals surface area contributed by atoms with E-state index >= 15 is 0 Å². The molecule has 0 radical (unpaired) electrons. The van der Waals surface area contributed by atoms with Crippen molar-refractivity contribution in [1.29, 1.82) is 0 Å². The van der Waals surface area contributed by atoms with Crippen LogP contribution in [0.2, 0.25) is 0 Å². The quantitative estimate of drug-likeness (QED) is 0.670. The van der Waals surface area contributed by atoms with Crippen LogP contribution in [-0.2, 0) is 4.79 Å². The van der Waals surface area contributed by atoms with Gasteiger partial charge in [-0.3, -0.25) is 4.79 Å². The molecular weight excluding hydrogens is 376 g/mol. The van der Waals surface area contributed by atoms with Crippen molar-refractivity contribution in [3.63, 3.8) is 0 Å². The van der Waals surface area contributed by atoms with Gasteiger partial charge < -0.3 is 9.80 Å². The second-order valence-corrected chi connectivity index (χ2v) is 8.46. The summed E-state index contributed by atoms with van der Waals surface area (Å²) in [5.41, 5.74) is 3.90. The van der Waals surface area contributed by atoms with Gasteiger partial charge in [0.15, 0.2) is 5.82 Å². The van der Waals surface area contributed by atoms with Gasteiger partial charge in [-0.1, -0.05) is 18.2 Å². The number of likely N-dealkylation sites (tertiary alicyclic amines) is 1. The second kappa shape index (κ2) is 7.70. The van der Waals surface area contributed by atoms with Crippen molar-refractivity contribution in [2.75, 3.05) is 31.1 Å². The number of para-hydroxylation sites is 1. The van der Waals surface area contributed by atoms with Crippen LogP contribution in [0.4, 0.5) is 5.82 Å². The van der Waals surface area contributed by atoms with Gasteiger partial charge in [-0.2, -0.15) is 10.2 Å². The predicted molar refractivity (Wildman–Crippen MR) is 117 cm³/mol. The molecule has 1 amide bonds. The number of fused-ring (bicyclic) bond motifs is 1. The molecule has 0 atom stereocenters. The first-order valence-corrected chi connectivity index (χ1v) is 11.0. The first-order valence-electron chi connectivity index (χ1n) is 11.0. The van der Waals surface area contributed by atoms with Crippen molar-refractivity contribution in [2.24, 2.45) is 5.92 Å². The van der Waals surface area contributed by atoms with E-state index in [2.05, 4.69) is 39.1 Å². The van der Waals surface area contributed by atoms with Gasteiger partial charge in [0.05, 0.1) is 22.5 Å². The van der Waals surface area contributed by atoms with Crippen molar-refractivity contribution in [3.8, 4) is 5.69 Å². The SMILES string of the molecule is Cc1nnc(N2CCC(C(=O)N3CCCC3)CC2)c2nn(-c3ccccc3)c(C)c12. The Hall–Kier alpha value is -2.96. The molecule has 4 heterocycles. The lowest BCUT2D eigenvalue weighted by atomic mass is 9.95. The zero-order valence-electron chi connectivity index (χ0n) is 17.7. The molecule has 2 aliphatic rings. The van der Waals surface area contributed by atoms with Crippen LogP contribution in [0.1, 0.15) is 37.1 Å². The molecule has 2 fully saturated rings. The van der Waals surface area contributed by atoms with E-state index in [4.69, 9.17) is 5.10 Å². The highest BCUT2D eigenvalue weighted by atomic mass is 16.2. The van der Waals surface area contributed by atoms with Crippen molar-refractivity contribution in [1.82, 2.24) is 24.9 Å². The van der Waals surface area contributed by atoms with Crippen molar-refractivity contribution >= 4 is 22.6 Å². The van der Waals surface area contributed by atoms with Gasteiger partial charge in [-0.05, 0) is 51.7 Å². The van der Waals surface area contributed by atoms with Crippen LogP contribution in [0.25, 0.3) is 16.6 Å². The van der Waals surface area contributed by atoms with E-state index in [-0.39, 0.29) is 5.92 Å².